The molecule has 1 aliphatic rings. The number of fused-ring (bicyclic) bond motifs is 10. The molecule has 2 aromatic heterocycles. The molecule has 0 radical (unpaired) electrons. The first-order chi connectivity index (χ1) is 24.8. The molecule has 0 fully saturated rings. The lowest BCUT2D eigenvalue weighted by molar-refractivity contribution is 0.520. The van der Waals surface area contributed by atoms with E-state index in [1.807, 2.05) is 0 Å². The second kappa shape index (κ2) is 10.4. The molecule has 10 aromatic rings. The standard InChI is InChI=1S/C46H30N4/c1-3-11-31-25-33(19-17-29(31)9-1)35-21-23-37-38-24-22-36(34-20-18-30-10-2-4-12-32(30)26-34)28-44(38)49(43(37)27-35)46-48-40-14-6-5-13-39(40)45-47-41-15-7-8-16-42(41)50(45)46/h1-28,46,48H. The predicted molar refractivity (Wildman–Crippen MR) is 209 cm³/mol. The SMILES string of the molecule is c1ccc2c(c1)NC(n1c3cc(-c4ccc5ccccc5c4)ccc3c3ccc(-c4ccc5ccccc5c4)cc31)n1c-2nc2ccccc21. The summed E-state index contributed by atoms with van der Waals surface area (Å²) in [6, 6.07) is 61.6. The van der Waals surface area contributed by atoms with E-state index in [1.165, 1.54) is 65.6 Å². The molecule has 0 bridgehead atoms. The molecule has 0 amide bonds. The fourth-order valence-corrected chi connectivity index (χ4v) is 8.08. The first-order valence-electron chi connectivity index (χ1n) is 17.2. The molecule has 4 nitrogen and oxygen atoms in total. The van der Waals surface area contributed by atoms with Crippen LogP contribution in [0.5, 0.6) is 0 Å². The number of imidazole rings is 1. The van der Waals surface area contributed by atoms with Gasteiger partial charge in [0.15, 0.2) is 6.29 Å². The number of rotatable bonds is 3. The third kappa shape index (κ3) is 4.02. The Kier molecular flexibility index (Phi) is 5.69. The molecule has 11 rings (SSSR count). The number of aromatic nitrogens is 3. The molecule has 234 valence electrons. The van der Waals surface area contributed by atoms with Crippen molar-refractivity contribution >= 4 is 60.1 Å². The van der Waals surface area contributed by atoms with Gasteiger partial charge in [0.05, 0.1) is 22.1 Å². The van der Waals surface area contributed by atoms with Crippen molar-refractivity contribution in [2.45, 2.75) is 6.29 Å². The molecule has 0 aliphatic carbocycles. The third-order valence-electron chi connectivity index (χ3n) is 10.5. The van der Waals surface area contributed by atoms with E-state index in [0.29, 0.717) is 0 Å². The first-order valence-corrected chi connectivity index (χ1v) is 17.2. The van der Waals surface area contributed by atoms with Crippen molar-refractivity contribution in [3.05, 3.63) is 170 Å². The van der Waals surface area contributed by atoms with Gasteiger partial charge in [0.2, 0.25) is 0 Å². The Hall–Kier alpha value is -6.65. The molecule has 0 saturated carbocycles. The van der Waals surface area contributed by atoms with Crippen molar-refractivity contribution in [2.24, 2.45) is 0 Å². The number of benzene rings is 8. The Labute approximate surface area is 288 Å². The van der Waals surface area contributed by atoms with Crippen molar-refractivity contribution in [3.63, 3.8) is 0 Å². The Morgan fingerprint density at radius 2 is 0.940 bits per heavy atom. The van der Waals surface area contributed by atoms with Crippen LogP contribution in [-0.4, -0.2) is 14.1 Å². The fourth-order valence-electron chi connectivity index (χ4n) is 8.08. The van der Waals surface area contributed by atoms with E-state index < -0.39 is 0 Å². The van der Waals surface area contributed by atoms with Gasteiger partial charge in [-0.3, -0.25) is 4.57 Å². The van der Waals surface area contributed by atoms with Crippen LogP contribution in [0.2, 0.25) is 0 Å². The topological polar surface area (TPSA) is 34.8 Å². The Bertz CT molecular complexity index is 2850. The van der Waals surface area contributed by atoms with Crippen molar-refractivity contribution in [3.8, 4) is 33.6 Å². The number of nitrogens with zero attached hydrogens (tertiary/aromatic N) is 3. The number of para-hydroxylation sites is 3. The Morgan fingerprint density at radius 1 is 0.420 bits per heavy atom. The molecule has 8 aromatic carbocycles. The Balaban J connectivity index is 1.20. The van der Waals surface area contributed by atoms with E-state index >= 15 is 0 Å². The van der Waals surface area contributed by atoms with E-state index in [9.17, 15) is 0 Å². The summed E-state index contributed by atoms with van der Waals surface area (Å²) in [4.78, 5) is 5.21. The summed E-state index contributed by atoms with van der Waals surface area (Å²) in [6.45, 7) is 0. The molecule has 0 spiro atoms. The van der Waals surface area contributed by atoms with Crippen LogP contribution in [0, 0.1) is 0 Å². The summed E-state index contributed by atoms with van der Waals surface area (Å²) in [7, 11) is 0. The number of hydrogen-bond donors (Lipinski definition) is 1. The van der Waals surface area contributed by atoms with Crippen molar-refractivity contribution in [1.82, 2.24) is 14.1 Å². The minimum Gasteiger partial charge on any atom is -0.347 e. The van der Waals surface area contributed by atoms with E-state index in [-0.39, 0.29) is 6.29 Å². The zero-order chi connectivity index (χ0) is 32.8. The normalized spacial score (nSPS) is 14.0. The smallest absolute Gasteiger partial charge is 0.188 e. The average molecular weight is 639 g/mol. The summed E-state index contributed by atoms with van der Waals surface area (Å²) >= 11 is 0. The molecule has 3 heterocycles. The molecule has 1 aliphatic heterocycles. The van der Waals surface area contributed by atoms with Crippen LogP contribution >= 0.6 is 0 Å². The highest BCUT2D eigenvalue weighted by atomic mass is 15.4. The van der Waals surface area contributed by atoms with Crippen LogP contribution in [0.15, 0.2) is 170 Å². The zero-order valence-corrected chi connectivity index (χ0v) is 27.1. The van der Waals surface area contributed by atoms with Gasteiger partial charge in [0, 0.05) is 22.0 Å². The maximum absolute atomic E-state index is 5.21. The maximum atomic E-state index is 5.21. The molecule has 1 N–H and O–H groups in total. The zero-order valence-electron chi connectivity index (χ0n) is 27.1. The van der Waals surface area contributed by atoms with Crippen LogP contribution in [0.25, 0.3) is 88.0 Å². The molecular weight excluding hydrogens is 609 g/mol. The van der Waals surface area contributed by atoms with Crippen LogP contribution in [0.4, 0.5) is 5.69 Å². The van der Waals surface area contributed by atoms with Crippen LogP contribution in [-0.2, 0) is 0 Å². The first kappa shape index (κ1) is 27.3. The van der Waals surface area contributed by atoms with Crippen molar-refractivity contribution in [2.75, 3.05) is 5.32 Å². The monoisotopic (exact) mass is 638 g/mol. The molecule has 4 heteroatoms. The highest BCUT2D eigenvalue weighted by Gasteiger charge is 2.30. The lowest BCUT2D eigenvalue weighted by Gasteiger charge is -2.32. The van der Waals surface area contributed by atoms with Gasteiger partial charge in [-0.2, -0.15) is 0 Å². The molecule has 1 unspecified atom stereocenters. The highest BCUT2D eigenvalue weighted by molar-refractivity contribution is 6.10. The number of nitrogens with one attached hydrogen (secondary N) is 1. The third-order valence-corrected chi connectivity index (χ3v) is 10.5. The van der Waals surface area contributed by atoms with E-state index in [2.05, 4.69) is 184 Å². The van der Waals surface area contributed by atoms with E-state index in [1.54, 1.807) is 0 Å². The van der Waals surface area contributed by atoms with Gasteiger partial charge < -0.3 is 9.88 Å². The molecule has 1 atom stereocenters. The van der Waals surface area contributed by atoms with Crippen LogP contribution in [0.1, 0.15) is 6.29 Å². The highest BCUT2D eigenvalue weighted by Crippen LogP contribution is 2.43. The van der Waals surface area contributed by atoms with Crippen molar-refractivity contribution < 1.29 is 0 Å². The van der Waals surface area contributed by atoms with Gasteiger partial charge >= 0.3 is 0 Å². The number of anilines is 1. The lowest BCUT2D eigenvalue weighted by atomic mass is 9.99. The summed E-state index contributed by atoms with van der Waals surface area (Å²) < 4.78 is 4.87. The quantitative estimate of drug-likeness (QED) is 0.209. The van der Waals surface area contributed by atoms with Crippen LogP contribution < -0.4 is 5.32 Å². The lowest BCUT2D eigenvalue weighted by Crippen LogP contribution is -2.29. The van der Waals surface area contributed by atoms with E-state index in [4.69, 9.17) is 4.98 Å². The van der Waals surface area contributed by atoms with Gasteiger partial charge in [-0.1, -0.05) is 121 Å². The minimum atomic E-state index is -0.258. The van der Waals surface area contributed by atoms with Crippen molar-refractivity contribution in [1.29, 1.82) is 0 Å². The second-order valence-corrected chi connectivity index (χ2v) is 13.3. The molecular formula is C46H30N4. The summed E-state index contributed by atoms with van der Waals surface area (Å²) in [5.74, 6) is 0.969. The summed E-state index contributed by atoms with van der Waals surface area (Å²) in [5, 5.41) is 11.4. The predicted octanol–water partition coefficient (Wildman–Crippen LogP) is 11.9. The van der Waals surface area contributed by atoms with Crippen LogP contribution in [0.3, 0.4) is 0 Å². The van der Waals surface area contributed by atoms with Gasteiger partial charge in [-0.15, -0.1) is 0 Å². The Morgan fingerprint density at radius 3 is 1.60 bits per heavy atom. The second-order valence-electron chi connectivity index (χ2n) is 13.3. The maximum Gasteiger partial charge on any atom is 0.188 e. The fraction of sp³-hybridized carbons (Fsp3) is 0.0217. The summed E-state index contributed by atoms with van der Waals surface area (Å²) in [6.07, 6.45) is -0.258. The van der Waals surface area contributed by atoms with Gasteiger partial charge in [-0.05, 0) is 92.3 Å². The van der Waals surface area contributed by atoms with Gasteiger partial charge in [-0.25, -0.2) is 4.98 Å². The minimum absolute atomic E-state index is 0.258. The largest absolute Gasteiger partial charge is 0.347 e. The molecule has 0 saturated heterocycles. The summed E-state index contributed by atoms with van der Waals surface area (Å²) in [5.41, 5.74) is 11.4. The van der Waals surface area contributed by atoms with E-state index in [0.717, 1.165) is 28.1 Å². The van der Waals surface area contributed by atoms with Gasteiger partial charge in [0.1, 0.15) is 5.82 Å². The molecule has 50 heavy (non-hydrogen) atoms. The number of hydrogen-bond acceptors (Lipinski definition) is 2. The van der Waals surface area contributed by atoms with Gasteiger partial charge in [0.25, 0.3) is 0 Å². The average Bonchev–Trinajstić information content (AvgIpc) is 3.73.